The summed E-state index contributed by atoms with van der Waals surface area (Å²) in [5, 5.41) is 27.2. The van der Waals surface area contributed by atoms with E-state index >= 15 is 0 Å². The van der Waals surface area contributed by atoms with Crippen LogP contribution in [0.3, 0.4) is 0 Å². The van der Waals surface area contributed by atoms with Crippen LogP contribution in [0, 0.1) is 34.0 Å². The van der Waals surface area contributed by atoms with Gasteiger partial charge in [-0.3, -0.25) is 0 Å². The molecule has 6 heteroatoms. The molecule has 0 aliphatic carbocycles. The topological polar surface area (TPSA) is 123 Å². The fraction of sp³-hybridized carbons (Fsp3) is 0.0625. The SMILES string of the molecule is N#CCc1nc(/C(C#N)=C/c2ccccc2)nc(N)c1C#N. The molecule has 2 N–H and O–H groups in total. The van der Waals surface area contributed by atoms with Crippen molar-refractivity contribution in [1.82, 2.24) is 9.97 Å². The van der Waals surface area contributed by atoms with Crippen LogP contribution in [0.25, 0.3) is 11.6 Å². The van der Waals surface area contributed by atoms with Crippen LogP contribution in [0.2, 0.25) is 0 Å². The molecule has 0 aliphatic heterocycles. The lowest BCUT2D eigenvalue weighted by molar-refractivity contribution is 1.02. The van der Waals surface area contributed by atoms with Gasteiger partial charge in [-0.05, 0) is 11.6 Å². The molecule has 0 fully saturated rings. The van der Waals surface area contributed by atoms with Crippen LogP contribution in [0.5, 0.6) is 0 Å². The van der Waals surface area contributed by atoms with Crippen LogP contribution >= 0.6 is 0 Å². The van der Waals surface area contributed by atoms with E-state index in [9.17, 15) is 5.26 Å². The van der Waals surface area contributed by atoms with Gasteiger partial charge >= 0.3 is 0 Å². The van der Waals surface area contributed by atoms with E-state index < -0.39 is 0 Å². The van der Waals surface area contributed by atoms with Crippen molar-refractivity contribution in [2.45, 2.75) is 6.42 Å². The van der Waals surface area contributed by atoms with E-state index in [0.29, 0.717) is 0 Å². The van der Waals surface area contributed by atoms with Crippen molar-refractivity contribution in [3.8, 4) is 18.2 Å². The Morgan fingerprint density at radius 3 is 2.45 bits per heavy atom. The molecule has 0 bridgehead atoms. The Bertz CT molecular complexity index is 847. The summed E-state index contributed by atoms with van der Waals surface area (Å²) in [7, 11) is 0. The zero-order valence-corrected chi connectivity index (χ0v) is 11.5. The maximum atomic E-state index is 9.31. The van der Waals surface area contributed by atoms with E-state index in [2.05, 4.69) is 9.97 Å². The highest BCUT2D eigenvalue weighted by molar-refractivity contribution is 5.87. The number of nitrogens with zero attached hydrogens (tertiary/aromatic N) is 5. The van der Waals surface area contributed by atoms with Crippen molar-refractivity contribution in [2.75, 3.05) is 5.73 Å². The Kier molecular flexibility index (Phi) is 4.45. The second-order valence-electron chi connectivity index (χ2n) is 4.28. The van der Waals surface area contributed by atoms with Gasteiger partial charge in [-0.2, -0.15) is 15.8 Å². The second kappa shape index (κ2) is 6.65. The van der Waals surface area contributed by atoms with Crippen molar-refractivity contribution < 1.29 is 0 Å². The van der Waals surface area contributed by atoms with Gasteiger partial charge in [0.25, 0.3) is 0 Å². The van der Waals surface area contributed by atoms with Crippen molar-refractivity contribution in [3.05, 3.63) is 53.0 Å². The Morgan fingerprint density at radius 1 is 1.14 bits per heavy atom. The van der Waals surface area contributed by atoms with Gasteiger partial charge in [-0.25, -0.2) is 9.97 Å². The smallest absolute Gasteiger partial charge is 0.172 e. The van der Waals surface area contributed by atoms with E-state index in [1.807, 2.05) is 48.5 Å². The van der Waals surface area contributed by atoms with E-state index in [1.165, 1.54) is 0 Å². The molecule has 22 heavy (non-hydrogen) atoms. The molecule has 1 aromatic heterocycles. The maximum absolute atomic E-state index is 9.31. The molecule has 2 aromatic rings. The minimum absolute atomic E-state index is 0.0352. The molecule has 104 valence electrons. The fourth-order valence-corrected chi connectivity index (χ4v) is 1.83. The summed E-state index contributed by atoms with van der Waals surface area (Å²) in [5.41, 5.74) is 7.05. The molecule has 1 aromatic carbocycles. The first-order valence-electron chi connectivity index (χ1n) is 6.30. The molecule has 0 saturated carbocycles. The third-order valence-corrected chi connectivity index (χ3v) is 2.84. The van der Waals surface area contributed by atoms with E-state index in [4.69, 9.17) is 16.3 Å². The number of aromatic nitrogens is 2. The molecule has 0 aliphatic rings. The molecular weight excluding hydrogens is 276 g/mol. The van der Waals surface area contributed by atoms with Crippen molar-refractivity contribution in [1.29, 1.82) is 15.8 Å². The van der Waals surface area contributed by atoms with Gasteiger partial charge in [0.05, 0.1) is 23.8 Å². The number of benzene rings is 1. The Labute approximate surface area is 127 Å². The first kappa shape index (κ1) is 14.7. The lowest BCUT2D eigenvalue weighted by Crippen LogP contribution is -2.07. The third kappa shape index (κ3) is 3.07. The van der Waals surface area contributed by atoms with Gasteiger partial charge in [0.1, 0.15) is 23.5 Å². The van der Waals surface area contributed by atoms with Gasteiger partial charge in [-0.1, -0.05) is 30.3 Å². The first-order chi connectivity index (χ1) is 10.7. The molecule has 0 radical (unpaired) electrons. The normalized spacial score (nSPS) is 10.3. The van der Waals surface area contributed by atoms with Crippen molar-refractivity contribution in [3.63, 3.8) is 0 Å². The average molecular weight is 286 g/mol. The minimum Gasteiger partial charge on any atom is -0.382 e. The Morgan fingerprint density at radius 2 is 1.86 bits per heavy atom. The summed E-state index contributed by atoms with van der Waals surface area (Å²) in [5.74, 6) is 0.0695. The summed E-state index contributed by atoms with van der Waals surface area (Å²) in [6.07, 6.45) is 1.55. The molecule has 0 amide bonds. The van der Waals surface area contributed by atoms with Gasteiger partial charge < -0.3 is 5.73 Å². The van der Waals surface area contributed by atoms with Crippen LogP contribution in [0.1, 0.15) is 22.6 Å². The second-order valence-corrected chi connectivity index (χ2v) is 4.28. The lowest BCUT2D eigenvalue weighted by Gasteiger charge is -2.05. The molecule has 2 rings (SSSR count). The quantitative estimate of drug-likeness (QED) is 0.861. The highest BCUT2D eigenvalue weighted by Gasteiger charge is 2.14. The molecule has 0 atom stereocenters. The van der Waals surface area contributed by atoms with Crippen LogP contribution in [0.4, 0.5) is 5.82 Å². The predicted octanol–water partition coefficient (Wildman–Crippen LogP) is 2.06. The molecule has 0 saturated heterocycles. The summed E-state index contributed by atoms with van der Waals surface area (Å²) in [4.78, 5) is 8.13. The van der Waals surface area contributed by atoms with E-state index in [0.717, 1.165) is 5.56 Å². The van der Waals surface area contributed by atoms with Gasteiger partial charge in [0, 0.05) is 0 Å². The van der Waals surface area contributed by atoms with E-state index in [-0.39, 0.29) is 34.9 Å². The number of nitrogens with two attached hydrogens (primary N) is 1. The van der Waals surface area contributed by atoms with E-state index in [1.54, 1.807) is 6.08 Å². The average Bonchev–Trinajstić information content (AvgIpc) is 2.53. The van der Waals surface area contributed by atoms with Crippen LogP contribution in [-0.2, 0) is 6.42 Å². The predicted molar refractivity (Wildman–Crippen MR) is 80.4 cm³/mol. The summed E-state index contributed by atoms with van der Waals surface area (Å²) in [6, 6.07) is 15.0. The number of hydrogen-bond donors (Lipinski definition) is 1. The molecule has 0 spiro atoms. The Balaban J connectivity index is 2.57. The summed E-state index contributed by atoms with van der Waals surface area (Å²) in [6.45, 7) is 0. The van der Waals surface area contributed by atoms with Crippen LogP contribution < -0.4 is 5.73 Å². The largest absolute Gasteiger partial charge is 0.382 e. The zero-order valence-electron chi connectivity index (χ0n) is 11.5. The third-order valence-electron chi connectivity index (χ3n) is 2.84. The Hall–Kier alpha value is -3.69. The fourth-order valence-electron chi connectivity index (χ4n) is 1.83. The van der Waals surface area contributed by atoms with Crippen LogP contribution in [-0.4, -0.2) is 9.97 Å². The lowest BCUT2D eigenvalue weighted by atomic mass is 10.1. The highest BCUT2D eigenvalue weighted by Crippen LogP contribution is 2.19. The van der Waals surface area contributed by atoms with Gasteiger partial charge in [0.2, 0.25) is 0 Å². The zero-order chi connectivity index (χ0) is 15.9. The maximum Gasteiger partial charge on any atom is 0.172 e. The standard InChI is InChI=1S/C16H10N6/c17-7-6-14-13(10-19)15(20)22-16(21-14)12(9-18)8-11-4-2-1-3-5-11/h1-5,8H,6H2,(H2,20,21,22)/b12-8+. The number of anilines is 1. The number of nitrogen functional groups attached to an aromatic ring is 1. The van der Waals surface area contributed by atoms with Crippen molar-refractivity contribution in [2.24, 2.45) is 0 Å². The van der Waals surface area contributed by atoms with Crippen molar-refractivity contribution >= 4 is 17.5 Å². The monoisotopic (exact) mass is 286 g/mol. The van der Waals surface area contributed by atoms with Gasteiger partial charge in [0.15, 0.2) is 5.82 Å². The molecule has 1 heterocycles. The summed E-state index contributed by atoms with van der Waals surface area (Å²) >= 11 is 0. The number of nitriles is 3. The molecule has 6 nitrogen and oxygen atoms in total. The highest BCUT2D eigenvalue weighted by atomic mass is 15.0. The first-order valence-corrected chi connectivity index (χ1v) is 6.30. The summed E-state index contributed by atoms with van der Waals surface area (Å²) < 4.78 is 0. The minimum atomic E-state index is -0.0767. The van der Waals surface area contributed by atoms with Gasteiger partial charge in [-0.15, -0.1) is 0 Å². The number of allylic oxidation sites excluding steroid dienone is 1. The number of hydrogen-bond acceptors (Lipinski definition) is 6. The molecular formula is C16H10N6. The van der Waals surface area contributed by atoms with Crippen LogP contribution in [0.15, 0.2) is 30.3 Å². The number of rotatable bonds is 3. The molecule has 0 unspecified atom stereocenters.